The normalized spacial score (nSPS) is 14.6. The Bertz CT molecular complexity index is 740. The Hall–Kier alpha value is -2.46. The maximum Gasteiger partial charge on any atom is 0.230 e. The van der Waals surface area contributed by atoms with E-state index in [4.69, 9.17) is 4.42 Å². The topological polar surface area (TPSA) is 42.2 Å². The van der Waals surface area contributed by atoms with Crippen LogP contribution in [-0.2, 0) is 19.6 Å². The molecule has 1 aromatic heterocycles. The second-order valence-electron chi connectivity index (χ2n) is 6.78. The summed E-state index contributed by atoms with van der Waals surface area (Å²) in [4.78, 5) is 2.35. The molecule has 4 heteroatoms. The lowest BCUT2D eigenvalue weighted by Crippen LogP contribution is -2.22. The standard InChI is InChI=1S/C21H23N3O/c1-3-8-17(9-4-1)14-24(15-18-10-5-2-6-11-18)16-20-22-23-21(25-20)19-12-7-13-19/h1-6,8-11,19H,7,12-16H2. The van der Waals surface area contributed by atoms with E-state index < -0.39 is 0 Å². The van der Waals surface area contributed by atoms with Gasteiger partial charge in [0.2, 0.25) is 11.8 Å². The number of aromatic nitrogens is 2. The molecule has 128 valence electrons. The fourth-order valence-electron chi connectivity index (χ4n) is 3.19. The minimum atomic E-state index is 0.484. The zero-order valence-electron chi connectivity index (χ0n) is 14.3. The summed E-state index contributed by atoms with van der Waals surface area (Å²) >= 11 is 0. The van der Waals surface area contributed by atoms with E-state index in [2.05, 4.69) is 63.6 Å². The molecule has 1 aliphatic rings. The SMILES string of the molecule is c1ccc(CN(Cc2ccccc2)Cc2nnc(C3CCC3)o2)cc1. The Balaban J connectivity index is 1.48. The van der Waals surface area contributed by atoms with E-state index >= 15 is 0 Å². The van der Waals surface area contributed by atoms with Crippen LogP contribution < -0.4 is 0 Å². The molecule has 0 unspecified atom stereocenters. The van der Waals surface area contributed by atoms with Crippen molar-refractivity contribution in [2.24, 2.45) is 0 Å². The molecule has 4 rings (SSSR count). The third-order valence-electron chi connectivity index (χ3n) is 4.79. The van der Waals surface area contributed by atoms with Crippen LogP contribution in [0.25, 0.3) is 0 Å². The molecule has 3 aromatic rings. The molecule has 4 nitrogen and oxygen atoms in total. The first kappa shape index (κ1) is 16.0. The summed E-state index contributed by atoms with van der Waals surface area (Å²) < 4.78 is 5.93. The third-order valence-corrected chi connectivity index (χ3v) is 4.79. The van der Waals surface area contributed by atoms with Crippen molar-refractivity contribution in [3.63, 3.8) is 0 Å². The molecular formula is C21H23N3O. The zero-order chi connectivity index (χ0) is 16.9. The Morgan fingerprint density at radius 1 is 0.800 bits per heavy atom. The van der Waals surface area contributed by atoms with Gasteiger partial charge in [0, 0.05) is 19.0 Å². The summed E-state index contributed by atoms with van der Waals surface area (Å²) in [6.07, 6.45) is 3.63. The molecule has 1 aliphatic carbocycles. The lowest BCUT2D eigenvalue weighted by molar-refractivity contribution is 0.215. The van der Waals surface area contributed by atoms with Crippen LogP contribution in [0.15, 0.2) is 65.1 Å². The first-order chi connectivity index (χ1) is 12.4. The van der Waals surface area contributed by atoms with Crippen molar-refractivity contribution in [1.29, 1.82) is 0 Å². The van der Waals surface area contributed by atoms with Gasteiger partial charge in [0.05, 0.1) is 6.54 Å². The van der Waals surface area contributed by atoms with E-state index in [1.807, 2.05) is 12.1 Å². The summed E-state index contributed by atoms with van der Waals surface area (Å²) in [5.74, 6) is 2.02. The molecular weight excluding hydrogens is 310 g/mol. The van der Waals surface area contributed by atoms with E-state index in [1.165, 1.54) is 30.4 Å². The van der Waals surface area contributed by atoms with Crippen LogP contribution in [-0.4, -0.2) is 15.1 Å². The highest BCUT2D eigenvalue weighted by molar-refractivity contribution is 5.17. The number of rotatable bonds is 7. The molecule has 1 saturated carbocycles. The van der Waals surface area contributed by atoms with Crippen LogP contribution >= 0.6 is 0 Å². The monoisotopic (exact) mass is 333 g/mol. The van der Waals surface area contributed by atoms with Crippen LogP contribution in [0.4, 0.5) is 0 Å². The number of hydrogen-bond acceptors (Lipinski definition) is 4. The first-order valence-corrected chi connectivity index (χ1v) is 8.99. The van der Waals surface area contributed by atoms with E-state index in [0.717, 1.165) is 19.0 Å². The second kappa shape index (κ2) is 7.62. The Morgan fingerprint density at radius 3 is 1.92 bits per heavy atom. The van der Waals surface area contributed by atoms with Crippen molar-refractivity contribution in [1.82, 2.24) is 15.1 Å². The molecule has 0 bridgehead atoms. The number of hydrogen-bond donors (Lipinski definition) is 0. The van der Waals surface area contributed by atoms with Crippen molar-refractivity contribution in [3.05, 3.63) is 83.6 Å². The van der Waals surface area contributed by atoms with Gasteiger partial charge in [-0.2, -0.15) is 0 Å². The fourth-order valence-corrected chi connectivity index (χ4v) is 3.19. The highest BCUT2D eigenvalue weighted by Gasteiger charge is 2.25. The lowest BCUT2D eigenvalue weighted by atomic mass is 9.85. The van der Waals surface area contributed by atoms with E-state index in [0.29, 0.717) is 18.4 Å². The van der Waals surface area contributed by atoms with Crippen molar-refractivity contribution >= 4 is 0 Å². The molecule has 0 saturated heterocycles. The van der Waals surface area contributed by atoms with Crippen molar-refractivity contribution in [2.75, 3.05) is 0 Å². The van der Waals surface area contributed by atoms with Gasteiger partial charge in [-0.15, -0.1) is 10.2 Å². The molecule has 25 heavy (non-hydrogen) atoms. The quantitative estimate of drug-likeness (QED) is 0.636. The smallest absolute Gasteiger partial charge is 0.230 e. The van der Waals surface area contributed by atoms with Crippen molar-refractivity contribution in [2.45, 2.75) is 44.8 Å². The maximum atomic E-state index is 5.93. The van der Waals surface area contributed by atoms with Crippen LogP contribution in [0.2, 0.25) is 0 Å². The molecule has 2 aromatic carbocycles. The lowest BCUT2D eigenvalue weighted by Gasteiger charge is -2.22. The minimum absolute atomic E-state index is 0.484. The van der Waals surface area contributed by atoms with E-state index in [1.54, 1.807) is 0 Å². The summed E-state index contributed by atoms with van der Waals surface area (Å²) in [7, 11) is 0. The average Bonchev–Trinajstić information content (AvgIpc) is 3.03. The highest BCUT2D eigenvalue weighted by Crippen LogP contribution is 2.35. The summed E-state index contributed by atoms with van der Waals surface area (Å²) in [5, 5.41) is 8.55. The molecule has 1 fully saturated rings. The van der Waals surface area contributed by atoms with E-state index in [-0.39, 0.29) is 0 Å². The van der Waals surface area contributed by atoms with Gasteiger partial charge < -0.3 is 4.42 Å². The van der Waals surface area contributed by atoms with Gasteiger partial charge >= 0.3 is 0 Å². The second-order valence-corrected chi connectivity index (χ2v) is 6.78. The third kappa shape index (κ3) is 4.15. The van der Waals surface area contributed by atoms with Crippen LogP contribution in [0.5, 0.6) is 0 Å². The molecule has 0 radical (unpaired) electrons. The highest BCUT2D eigenvalue weighted by atomic mass is 16.4. The van der Waals surface area contributed by atoms with Crippen molar-refractivity contribution in [3.8, 4) is 0 Å². The van der Waals surface area contributed by atoms with Gasteiger partial charge in [-0.25, -0.2) is 0 Å². The number of nitrogens with zero attached hydrogens (tertiary/aromatic N) is 3. The maximum absolute atomic E-state index is 5.93. The molecule has 0 aliphatic heterocycles. The number of benzene rings is 2. The van der Waals surface area contributed by atoms with Gasteiger partial charge in [0.15, 0.2) is 0 Å². The van der Waals surface area contributed by atoms with Gasteiger partial charge in [-0.3, -0.25) is 4.90 Å². The summed E-state index contributed by atoms with van der Waals surface area (Å²) in [6, 6.07) is 21.1. The van der Waals surface area contributed by atoms with Crippen molar-refractivity contribution < 1.29 is 4.42 Å². The van der Waals surface area contributed by atoms with Crippen LogP contribution in [0, 0.1) is 0 Å². The summed E-state index contributed by atoms with van der Waals surface area (Å²) in [5.41, 5.74) is 2.58. The zero-order valence-corrected chi connectivity index (χ0v) is 14.3. The van der Waals surface area contributed by atoms with Gasteiger partial charge in [-0.1, -0.05) is 67.1 Å². The molecule has 0 spiro atoms. The minimum Gasteiger partial charge on any atom is -0.424 e. The van der Waals surface area contributed by atoms with Gasteiger partial charge in [-0.05, 0) is 24.0 Å². The van der Waals surface area contributed by atoms with Crippen LogP contribution in [0.1, 0.15) is 48.1 Å². The molecule has 0 atom stereocenters. The first-order valence-electron chi connectivity index (χ1n) is 8.99. The predicted octanol–water partition coefficient (Wildman–Crippen LogP) is 4.54. The van der Waals surface area contributed by atoms with Gasteiger partial charge in [0.1, 0.15) is 0 Å². The fraction of sp³-hybridized carbons (Fsp3) is 0.333. The Labute approximate surface area is 148 Å². The van der Waals surface area contributed by atoms with E-state index in [9.17, 15) is 0 Å². The van der Waals surface area contributed by atoms with Crippen LogP contribution in [0.3, 0.4) is 0 Å². The average molecular weight is 333 g/mol. The molecule has 1 heterocycles. The molecule has 0 amide bonds. The predicted molar refractivity (Wildman–Crippen MR) is 96.7 cm³/mol. The Morgan fingerprint density at radius 2 is 1.40 bits per heavy atom. The Kier molecular flexibility index (Phi) is 4.89. The summed E-state index contributed by atoms with van der Waals surface area (Å²) in [6.45, 7) is 2.39. The largest absolute Gasteiger partial charge is 0.424 e. The molecule has 0 N–H and O–H groups in total. The van der Waals surface area contributed by atoms with Gasteiger partial charge in [0.25, 0.3) is 0 Å².